The Bertz CT molecular complexity index is 709. The fraction of sp³-hybridized carbons (Fsp3) is 0.538. The summed E-state index contributed by atoms with van der Waals surface area (Å²) in [5.41, 5.74) is 1.65. The summed E-state index contributed by atoms with van der Waals surface area (Å²) in [6.45, 7) is 8.94. The first kappa shape index (κ1) is 15.9. The van der Waals surface area contributed by atoms with E-state index in [1.807, 2.05) is 13.8 Å². The van der Waals surface area contributed by atoms with E-state index >= 15 is 0 Å². The fourth-order valence-electron chi connectivity index (χ4n) is 1.97. The molecule has 114 valence electrons. The Kier molecular flexibility index (Phi) is 4.95. The number of aryl methyl sites for hydroxylation is 2. The number of H-pyrrole nitrogens is 1. The number of aromatic nitrogens is 5. The predicted molar refractivity (Wildman–Crippen MR) is 86.6 cm³/mol. The molecule has 8 heteroatoms. The van der Waals surface area contributed by atoms with Gasteiger partial charge in [-0.05, 0) is 25.1 Å². The summed E-state index contributed by atoms with van der Waals surface area (Å²) in [4.78, 5) is 0. The van der Waals surface area contributed by atoms with Crippen LogP contribution in [0.25, 0.3) is 0 Å². The zero-order valence-electron chi connectivity index (χ0n) is 12.6. The number of aromatic amines is 1. The van der Waals surface area contributed by atoms with E-state index in [4.69, 9.17) is 23.8 Å². The minimum atomic E-state index is 0.464. The number of rotatable bonds is 5. The molecule has 2 aromatic heterocycles. The average molecular weight is 327 g/mol. The van der Waals surface area contributed by atoms with Gasteiger partial charge in [0.2, 0.25) is 4.77 Å². The van der Waals surface area contributed by atoms with Crippen molar-refractivity contribution in [2.45, 2.75) is 40.7 Å². The van der Waals surface area contributed by atoms with Gasteiger partial charge < -0.3 is 0 Å². The van der Waals surface area contributed by atoms with Crippen LogP contribution in [0.3, 0.4) is 0 Å². The van der Waals surface area contributed by atoms with E-state index in [0.717, 1.165) is 30.0 Å². The van der Waals surface area contributed by atoms with Crippen LogP contribution in [0.2, 0.25) is 5.15 Å². The standard InChI is InChI=1S/C13H19ClN6S/c1-5-11-16-17-13(21)20(11)15-6-10-9(4)18-19(12(10)14)7-8(2)3/h6,8H,5,7H2,1-4H3,(H,17,21)/b15-6+. The maximum atomic E-state index is 6.38. The molecule has 1 N–H and O–H groups in total. The molecule has 0 bridgehead atoms. The molecule has 0 aromatic carbocycles. The molecule has 21 heavy (non-hydrogen) atoms. The van der Waals surface area contributed by atoms with Crippen LogP contribution in [0, 0.1) is 17.6 Å². The van der Waals surface area contributed by atoms with Crippen molar-refractivity contribution in [2.75, 3.05) is 0 Å². The van der Waals surface area contributed by atoms with E-state index in [1.165, 1.54) is 0 Å². The van der Waals surface area contributed by atoms with Gasteiger partial charge in [0.15, 0.2) is 5.82 Å². The third kappa shape index (κ3) is 3.41. The normalized spacial score (nSPS) is 11.9. The Labute approximate surface area is 133 Å². The first-order valence-electron chi connectivity index (χ1n) is 6.87. The molecule has 0 radical (unpaired) electrons. The highest BCUT2D eigenvalue weighted by atomic mass is 35.5. The highest BCUT2D eigenvalue weighted by molar-refractivity contribution is 7.71. The van der Waals surface area contributed by atoms with Gasteiger partial charge in [0.1, 0.15) is 5.15 Å². The van der Waals surface area contributed by atoms with E-state index in [2.05, 4.69) is 34.2 Å². The summed E-state index contributed by atoms with van der Waals surface area (Å²) in [6, 6.07) is 0. The van der Waals surface area contributed by atoms with Crippen LogP contribution < -0.4 is 0 Å². The van der Waals surface area contributed by atoms with Crippen molar-refractivity contribution in [3.8, 4) is 0 Å². The molecular weight excluding hydrogens is 308 g/mol. The van der Waals surface area contributed by atoms with E-state index in [0.29, 0.717) is 15.8 Å². The Hall–Kier alpha value is -1.47. The Morgan fingerprint density at radius 2 is 2.19 bits per heavy atom. The summed E-state index contributed by atoms with van der Waals surface area (Å²) in [5.74, 6) is 1.25. The SMILES string of the molecule is CCc1n[nH]c(=S)n1/N=C/c1c(C)nn(CC(C)C)c1Cl. The number of hydrogen-bond acceptors (Lipinski definition) is 4. The molecule has 0 amide bonds. The van der Waals surface area contributed by atoms with Crippen LogP contribution in [-0.4, -0.2) is 30.9 Å². The van der Waals surface area contributed by atoms with Gasteiger partial charge in [0.25, 0.3) is 0 Å². The van der Waals surface area contributed by atoms with Crippen molar-refractivity contribution >= 4 is 30.0 Å². The van der Waals surface area contributed by atoms with E-state index in [-0.39, 0.29) is 0 Å². The lowest BCUT2D eigenvalue weighted by Crippen LogP contribution is -2.06. The van der Waals surface area contributed by atoms with Crippen molar-refractivity contribution in [1.82, 2.24) is 24.7 Å². The lowest BCUT2D eigenvalue weighted by molar-refractivity contribution is 0.482. The van der Waals surface area contributed by atoms with E-state index in [9.17, 15) is 0 Å². The second-order valence-electron chi connectivity index (χ2n) is 5.22. The van der Waals surface area contributed by atoms with E-state index in [1.54, 1.807) is 15.6 Å². The molecule has 0 fully saturated rings. The van der Waals surface area contributed by atoms with Crippen molar-refractivity contribution in [3.63, 3.8) is 0 Å². The number of nitrogens with one attached hydrogen (secondary N) is 1. The highest BCUT2D eigenvalue weighted by Crippen LogP contribution is 2.19. The lowest BCUT2D eigenvalue weighted by atomic mass is 10.2. The van der Waals surface area contributed by atoms with Crippen LogP contribution in [0.5, 0.6) is 0 Å². The van der Waals surface area contributed by atoms with Crippen LogP contribution >= 0.6 is 23.8 Å². The van der Waals surface area contributed by atoms with Gasteiger partial charge in [-0.2, -0.15) is 20.0 Å². The molecule has 2 aromatic rings. The molecule has 0 aliphatic heterocycles. The zero-order chi connectivity index (χ0) is 15.6. The highest BCUT2D eigenvalue weighted by Gasteiger charge is 2.13. The number of halogens is 1. The second-order valence-corrected chi connectivity index (χ2v) is 5.97. The third-order valence-electron chi connectivity index (χ3n) is 2.98. The topological polar surface area (TPSA) is 63.8 Å². The molecule has 0 spiro atoms. The summed E-state index contributed by atoms with van der Waals surface area (Å²) in [6.07, 6.45) is 2.43. The first-order chi connectivity index (χ1) is 9.93. The molecule has 0 aliphatic rings. The molecule has 0 saturated carbocycles. The maximum absolute atomic E-state index is 6.38. The third-order valence-corrected chi connectivity index (χ3v) is 3.65. The molecule has 2 rings (SSSR count). The van der Waals surface area contributed by atoms with Crippen molar-refractivity contribution in [2.24, 2.45) is 11.0 Å². The minimum absolute atomic E-state index is 0.464. The van der Waals surface area contributed by atoms with E-state index < -0.39 is 0 Å². The van der Waals surface area contributed by atoms with Gasteiger partial charge in [-0.25, -0.2) is 0 Å². The summed E-state index contributed by atoms with van der Waals surface area (Å²) in [7, 11) is 0. The van der Waals surface area contributed by atoms with Crippen LogP contribution in [0.4, 0.5) is 0 Å². The Balaban J connectivity index is 2.35. The van der Waals surface area contributed by atoms with Gasteiger partial charge in [0.05, 0.1) is 17.5 Å². The quantitative estimate of drug-likeness (QED) is 0.678. The largest absolute Gasteiger partial charge is 0.253 e. The zero-order valence-corrected chi connectivity index (χ0v) is 14.2. The molecule has 0 aliphatic carbocycles. The van der Waals surface area contributed by atoms with Gasteiger partial charge in [0, 0.05) is 13.0 Å². The van der Waals surface area contributed by atoms with Gasteiger partial charge in [-0.1, -0.05) is 32.4 Å². The monoisotopic (exact) mass is 326 g/mol. The van der Waals surface area contributed by atoms with Crippen molar-refractivity contribution in [1.29, 1.82) is 0 Å². The second kappa shape index (κ2) is 6.53. The summed E-state index contributed by atoms with van der Waals surface area (Å²) in [5, 5.41) is 16.3. The smallest absolute Gasteiger partial charge is 0.216 e. The van der Waals surface area contributed by atoms with Crippen molar-refractivity contribution < 1.29 is 0 Å². The minimum Gasteiger partial charge on any atom is -0.253 e. The maximum Gasteiger partial charge on any atom is 0.216 e. The Morgan fingerprint density at radius 3 is 2.81 bits per heavy atom. The lowest BCUT2D eigenvalue weighted by Gasteiger charge is -2.05. The van der Waals surface area contributed by atoms with Crippen LogP contribution in [-0.2, 0) is 13.0 Å². The van der Waals surface area contributed by atoms with Crippen LogP contribution in [0.1, 0.15) is 37.9 Å². The first-order valence-corrected chi connectivity index (χ1v) is 7.66. The van der Waals surface area contributed by atoms with Crippen molar-refractivity contribution in [3.05, 3.63) is 27.0 Å². The molecule has 2 heterocycles. The molecule has 0 unspecified atom stereocenters. The fourth-order valence-corrected chi connectivity index (χ4v) is 2.46. The average Bonchev–Trinajstić information content (AvgIpc) is 2.89. The van der Waals surface area contributed by atoms with Gasteiger partial charge in [-0.3, -0.25) is 9.78 Å². The number of hydrogen-bond donors (Lipinski definition) is 1. The molecule has 0 saturated heterocycles. The van der Waals surface area contributed by atoms with Gasteiger partial charge in [-0.15, -0.1) is 0 Å². The summed E-state index contributed by atoms with van der Waals surface area (Å²) < 4.78 is 3.87. The van der Waals surface area contributed by atoms with Crippen LogP contribution in [0.15, 0.2) is 5.10 Å². The molecular formula is C13H19ClN6S. The van der Waals surface area contributed by atoms with Gasteiger partial charge >= 0.3 is 0 Å². The Morgan fingerprint density at radius 1 is 1.48 bits per heavy atom. The predicted octanol–water partition coefficient (Wildman–Crippen LogP) is 3.20. The molecule has 0 atom stereocenters. The molecule has 6 nitrogen and oxygen atoms in total. The summed E-state index contributed by atoms with van der Waals surface area (Å²) >= 11 is 11.5. The number of nitrogens with zero attached hydrogens (tertiary/aromatic N) is 5.